The zero-order valence-corrected chi connectivity index (χ0v) is 10.8. The van der Waals surface area contributed by atoms with Gasteiger partial charge in [-0.15, -0.1) is 12.4 Å². The van der Waals surface area contributed by atoms with Crippen molar-refractivity contribution in [3.63, 3.8) is 0 Å². The number of nitrogens with zero attached hydrogens (tertiary/aromatic N) is 2. The van der Waals surface area contributed by atoms with E-state index >= 15 is 0 Å². The van der Waals surface area contributed by atoms with Crippen molar-refractivity contribution in [3.8, 4) is 0 Å². The maximum atomic E-state index is 12.9. The smallest absolute Gasteiger partial charge is 0.251 e. The van der Waals surface area contributed by atoms with Crippen LogP contribution in [0, 0.1) is 5.41 Å². The van der Waals surface area contributed by atoms with Gasteiger partial charge in [0.05, 0.1) is 0 Å². The van der Waals surface area contributed by atoms with E-state index < -0.39 is 5.92 Å². The molecule has 8 heteroatoms. The third kappa shape index (κ3) is 4.29. The first-order valence-corrected chi connectivity index (χ1v) is 5.78. The number of guanidine groups is 2. The molecular weight excluding hydrogens is 264 g/mol. The van der Waals surface area contributed by atoms with Crippen molar-refractivity contribution in [2.45, 2.75) is 37.6 Å². The lowest BCUT2D eigenvalue weighted by Crippen LogP contribution is -2.46. The molecule has 5 nitrogen and oxygen atoms in total. The second-order valence-electron chi connectivity index (χ2n) is 4.58. The van der Waals surface area contributed by atoms with Crippen molar-refractivity contribution in [1.29, 1.82) is 5.41 Å². The zero-order valence-electron chi connectivity index (χ0n) is 9.96. The second kappa shape index (κ2) is 5.69. The van der Waals surface area contributed by atoms with Gasteiger partial charge in [-0.05, 0) is 12.8 Å². The fourth-order valence-electron chi connectivity index (χ4n) is 1.70. The number of alkyl halides is 2. The van der Waals surface area contributed by atoms with E-state index in [-0.39, 0.29) is 50.3 Å². The molecule has 0 spiro atoms. The highest BCUT2D eigenvalue weighted by Crippen LogP contribution is 2.27. The lowest BCUT2D eigenvalue weighted by Gasteiger charge is -2.32. The van der Waals surface area contributed by atoms with Crippen LogP contribution >= 0.6 is 12.4 Å². The normalized spacial score (nSPS) is 23.2. The van der Waals surface area contributed by atoms with Gasteiger partial charge in [0.2, 0.25) is 5.96 Å². The van der Waals surface area contributed by atoms with Crippen LogP contribution in [0.25, 0.3) is 0 Å². The van der Waals surface area contributed by atoms with Crippen molar-refractivity contribution in [1.82, 2.24) is 10.2 Å². The minimum absolute atomic E-state index is 0. The maximum absolute atomic E-state index is 12.9. The molecule has 18 heavy (non-hydrogen) atoms. The largest absolute Gasteiger partial charge is 0.369 e. The highest BCUT2D eigenvalue weighted by atomic mass is 35.5. The molecule has 0 atom stereocenters. The number of nitrogens with one attached hydrogen (secondary N) is 2. The molecule has 0 aromatic heterocycles. The molecule has 1 saturated carbocycles. The van der Waals surface area contributed by atoms with Gasteiger partial charge >= 0.3 is 0 Å². The van der Waals surface area contributed by atoms with Crippen molar-refractivity contribution in [3.05, 3.63) is 0 Å². The summed E-state index contributed by atoms with van der Waals surface area (Å²) in [6.45, 7) is 0.387. The maximum Gasteiger partial charge on any atom is 0.251 e. The molecule has 0 bridgehead atoms. The Balaban J connectivity index is 0.00000162. The molecule has 0 amide bonds. The molecule has 0 radical (unpaired) electrons. The molecule has 2 fully saturated rings. The molecule has 1 aliphatic carbocycles. The van der Waals surface area contributed by atoms with Gasteiger partial charge in [0.1, 0.15) is 0 Å². The zero-order chi connectivity index (χ0) is 12.5. The second-order valence-corrected chi connectivity index (χ2v) is 4.58. The predicted molar refractivity (Wildman–Crippen MR) is 68.5 cm³/mol. The summed E-state index contributed by atoms with van der Waals surface area (Å²) in [6.07, 6.45) is 1.70. The Morgan fingerprint density at radius 3 is 2.39 bits per heavy atom. The molecule has 2 rings (SSSR count). The summed E-state index contributed by atoms with van der Waals surface area (Å²) in [7, 11) is 0. The number of halogens is 3. The number of nitrogens with two attached hydrogens (primary N) is 1. The quantitative estimate of drug-likeness (QED) is 0.498. The summed E-state index contributed by atoms with van der Waals surface area (Å²) in [6, 6.07) is 0.338. The van der Waals surface area contributed by atoms with E-state index in [0.29, 0.717) is 6.04 Å². The Hall–Kier alpha value is -1.11. The summed E-state index contributed by atoms with van der Waals surface area (Å²) in [5, 5.41) is 10.4. The molecular formula is C10H18ClF2N5. The molecule has 0 aromatic rings. The van der Waals surface area contributed by atoms with Crippen LogP contribution < -0.4 is 11.1 Å². The van der Waals surface area contributed by atoms with Crippen LogP contribution in [0.15, 0.2) is 4.99 Å². The van der Waals surface area contributed by atoms with Gasteiger partial charge < -0.3 is 16.0 Å². The fraction of sp³-hybridized carbons (Fsp3) is 0.800. The van der Waals surface area contributed by atoms with Crippen molar-refractivity contribution in [2.75, 3.05) is 13.1 Å². The summed E-state index contributed by atoms with van der Waals surface area (Å²) < 4.78 is 25.8. The molecule has 0 unspecified atom stereocenters. The van der Waals surface area contributed by atoms with E-state index in [0.717, 1.165) is 12.8 Å². The first kappa shape index (κ1) is 14.9. The molecule has 104 valence electrons. The summed E-state index contributed by atoms with van der Waals surface area (Å²) in [4.78, 5) is 5.47. The summed E-state index contributed by atoms with van der Waals surface area (Å²) in [5.41, 5.74) is 5.68. The molecule has 1 saturated heterocycles. The van der Waals surface area contributed by atoms with Gasteiger partial charge in [-0.3, -0.25) is 5.41 Å². The Kier molecular flexibility index (Phi) is 4.72. The minimum atomic E-state index is -2.59. The molecule has 0 aromatic carbocycles. The lowest BCUT2D eigenvalue weighted by atomic mass is 10.1. The number of likely N-dealkylation sites (tertiary alicyclic amines) is 1. The van der Waals surface area contributed by atoms with E-state index in [1.54, 1.807) is 4.90 Å². The van der Waals surface area contributed by atoms with E-state index in [2.05, 4.69) is 10.3 Å². The molecule has 1 aliphatic heterocycles. The Morgan fingerprint density at radius 2 is 1.89 bits per heavy atom. The Morgan fingerprint density at radius 1 is 1.33 bits per heavy atom. The van der Waals surface area contributed by atoms with Gasteiger partial charge in [0, 0.05) is 32.0 Å². The molecule has 1 heterocycles. The highest BCUT2D eigenvalue weighted by molar-refractivity contribution is 5.92. The van der Waals surface area contributed by atoms with Gasteiger partial charge in [-0.2, -0.15) is 4.99 Å². The number of hydrogen-bond acceptors (Lipinski definition) is 1. The van der Waals surface area contributed by atoms with Gasteiger partial charge in [0.15, 0.2) is 5.96 Å². The summed E-state index contributed by atoms with van der Waals surface area (Å²) in [5.74, 6) is -2.42. The fourth-order valence-corrected chi connectivity index (χ4v) is 1.70. The van der Waals surface area contributed by atoms with Crippen LogP contribution in [0.3, 0.4) is 0 Å². The molecule has 4 N–H and O–H groups in total. The SMILES string of the molecule is Cl.N=C(N=C(N)N1CCC(F)(F)CC1)NC1CC1. The first-order chi connectivity index (χ1) is 7.96. The van der Waals surface area contributed by atoms with E-state index in [1.165, 1.54) is 0 Å². The predicted octanol–water partition coefficient (Wildman–Crippen LogP) is 1.14. The van der Waals surface area contributed by atoms with Crippen LogP contribution in [-0.2, 0) is 0 Å². The minimum Gasteiger partial charge on any atom is -0.369 e. The third-order valence-electron chi connectivity index (χ3n) is 2.96. The number of hydrogen-bond donors (Lipinski definition) is 3. The van der Waals surface area contributed by atoms with E-state index in [1.807, 2.05) is 0 Å². The number of rotatable bonds is 1. The lowest BCUT2D eigenvalue weighted by molar-refractivity contribution is -0.0435. The van der Waals surface area contributed by atoms with Crippen LogP contribution in [0.4, 0.5) is 8.78 Å². The van der Waals surface area contributed by atoms with Crippen LogP contribution in [0.1, 0.15) is 25.7 Å². The number of aliphatic imine (C=N–C) groups is 1. The third-order valence-corrected chi connectivity index (χ3v) is 2.96. The summed E-state index contributed by atoms with van der Waals surface area (Å²) >= 11 is 0. The van der Waals surface area contributed by atoms with Gasteiger partial charge in [0.25, 0.3) is 5.92 Å². The van der Waals surface area contributed by atoms with Gasteiger partial charge in [-0.1, -0.05) is 0 Å². The Bertz CT molecular complexity index is 333. The highest BCUT2D eigenvalue weighted by Gasteiger charge is 2.34. The standard InChI is InChI=1S/C10H17F2N5.ClH/c11-10(12)3-5-17(6-4-10)9(14)16-8(13)15-7-1-2-7;/h7H,1-6H2,(H4,13,14,15,16);1H. The van der Waals surface area contributed by atoms with Crippen LogP contribution in [0.5, 0.6) is 0 Å². The van der Waals surface area contributed by atoms with Crippen LogP contribution in [-0.4, -0.2) is 41.9 Å². The number of piperidine rings is 1. The topological polar surface area (TPSA) is 77.5 Å². The Labute approximate surface area is 111 Å². The van der Waals surface area contributed by atoms with E-state index in [9.17, 15) is 8.78 Å². The average Bonchev–Trinajstić information content (AvgIpc) is 3.01. The first-order valence-electron chi connectivity index (χ1n) is 5.78. The molecule has 2 aliphatic rings. The van der Waals surface area contributed by atoms with Crippen molar-refractivity contribution >= 4 is 24.3 Å². The van der Waals surface area contributed by atoms with Gasteiger partial charge in [-0.25, -0.2) is 8.78 Å². The monoisotopic (exact) mass is 281 g/mol. The van der Waals surface area contributed by atoms with E-state index in [4.69, 9.17) is 11.1 Å². The van der Waals surface area contributed by atoms with Crippen LogP contribution in [0.2, 0.25) is 0 Å². The van der Waals surface area contributed by atoms with Crippen molar-refractivity contribution in [2.24, 2.45) is 10.7 Å². The van der Waals surface area contributed by atoms with Crippen molar-refractivity contribution < 1.29 is 8.78 Å². The average molecular weight is 282 g/mol.